The van der Waals surface area contributed by atoms with Crippen molar-refractivity contribution in [2.75, 3.05) is 12.5 Å². The van der Waals surface area contributed by atoms with Gasteiger partial charge in [-0.2, -0.15) is 0 Å². The zero-order chi connectivity index (χ0) is 12.6. The second kappa shape index (κ2) is 17.1. The number of aliphatic hydroxyl groups excluding tert-OH is 1. The lowest BCUT2D eigenvalue weighted by atomic mass is 10.1. The van der Waals surface area contributed by atoms with E-state index < -0.39 is 5.97 Å². The molecule has 16 heavy (non-hydrogen) atoms. The normalized spacial score (nSPS) is 9.44. The number of rotatable bonds is 9. The lowest BCUT2D eigenvalue weighted by Crippen LogP contribution is -1.84. The van der Waals surface area contributed by atoms with E-state index in [0.717, 1.165) is 25.6 Å². The minimum absolute atomic E-state index is 0.353. The molecule has 0 rings (SSSR count). The van der Waals surface area contributed by atoms with E-state index in [1.54, 1.807) is 0 Å². The van der Waals surface area contributed by atoms with Gasteiger partial charge in [-0.25, -0.2) is 0 Å². The Kier molecular flexibility index (Phi) is 19.4. The van der Waals surface area contributed by atoms with E-state index in [1.807, 2.05) is 0 Å². The molecule has 4 heteroatoms. The molecule has 0 unspecified atom stereocenters. The molecule has 0 atom stereocenters. The van der Waals surface area contributed by atoms with Gasteiger partial charge in [0.05, 0.1) is 0 Å². The van der Waals surface area contributed by atoms with Gasteiger partial charge in [-0.15, -0.1) is 11.6 Å². The van der Waals surface area contributed by atoms with E-state index in [1.165, 1.54) is 38.5 Å². The number of alkyl halides is 1. The van der Waals surface area contributed by atoms with Crippen LogP contribution in [0.2, 0.25) is 0 Å². The molecule has 0 spiro atoms. The number of hydrogen-bond acceptors (Lipinski definition) is 2. The van der Waals surface area contributed by atoms with Crippen LogP contribution in [0.5, 0.6) is 0 Å². The molecule has 0 radical (unpaired) electrons. The average Bonchev–Trinajstić information content (AvgIpc) is 2.21. The van der Waals surface area contributed by atoms with Crippen LogP contribution in [0.1, 0.15) is 58.3 Å². The molecule has 0 aliphatic rings. The summed E-state index contributed by atoms with van der Waals surface area (Å²) in [5.74, 6) is -0.0233. The Morgan fingerprint density at radius 2 is 1.25 bits per heavy atom. The highest BCUT2D eigenvalue weighted by molar-refractivity contribution is 6.17. The lowest BCUT2D eigenvalue weighted by molar-refractivity contribution is -0.134. The molecule has 2 N–H and O–H groups in total. The van der Waals surface area contributed by atoms with Crippen LogP contribution in [-0.2, 0) is 4.79 Å². The molecular weight excluding hydrogens is 228 g/mol. The van der Waals surface area contributed by atoms with Crippen LogP contribution in [0, 0.1) is 0 Å². The van der Waals surface area contributed by atoms with Gasteiger partial charge in [0.25, 0.3) is 5.97 Å². The number of carboxylic acids is 1. The molecule has 0 aliphatic carbocycles. The second-order valence-electron chi connectivity index (χ2n) is 3.76. The Morgan fingerprint density at radius 3 is 1.56 bits per heavy atom. The third-order valence-electron chi connectivity index (χ3n) is 2.04. The molecule has 0 aliphatic heterocycles. The zero-order valence-corrected chi connectivity index (χ0v) is 11.0. The number of halogens is 1. The Hall–Kier alpha value is -0.280. The highest BCUT2D eigenvalue weighted by atomic mass is 35.5. The van der Waals surface area contributed by atoms with Crippen LogP contribution in [-0.4, -0.2) is 28.7 Å². The van der Waals surface area contributed by atoms with Gasteiger partial charge in [-0.05, 0) is 12.8 Å². The quantitative estimate of drug-likeness (QED) is 0.488. The fraction of sp³-hybridized carbons (Fsp3) is 0.917. The van der Waals surface area contributed by atoms with Gasteiger partial charge in [-0.3, -0.25) is 4.79 Å². The Balaban J connectivity index is 0. The van der Waals surface area contributed by atoms with E-state index in [2.05, 4.69) is 0 Å². The van der Waals surface area contributed by atoms with Crippen LogP contribution in [0.15, 0.2) is 0 Å². The first-order chi connectivity index (χ1) is 7.65. The lowest BCUT2D eigenvalue weighted by Gasteiger charge is -1.99. The molecule has 0 aromatic heterocycles. The summed E-state index contributed by atoms with van der Waals surface area (Å²) in [6, 6.07) is 0. The predicted molar refractivity (Wildman–Crippen MR) is 68.1 cm³/mol. The largest absolute Gasteiger partial charge is 0.481 e. The number of aliphatic hydroxyl groups is 1. The van der Waals surface area contributed by atoms with E-state index >= 15 is 0 Å². The van der Waals surface area contributed by atoms with Crippen LogP contribution in [0.25, 0.3) is 0 Å². The molecule has 0 heterocycles. The number of aliphatic carboxylic acids is 1. The highest BCUT2D eigenvalue weighted by Crippen LogP contribution is 2.08. The molecule has 0 aromatic rings. The van der Waals surface area contributed by atoms with Crippen molar-refractivity contribution in [3.05, 3.63) is 0 Å². The second-order valence-corrected chi connectivity index (χ2v) is 4.14. The molecule has 0 fully saturated rings. The topological polar surface area (TPSA) is 57.5 Å². The Morgan fingerprint density at radius 1 is 0.938 bits per heavy atom. The molecule has 3 nitrogen and oxygen atoms in total. The summed E-state index contributed by atoms with van der Waals surface area (Å²) in [5.41, 5.74) is 0. The van der Waals surface area contributed by atoms with Crippen molar-refractivity contribution in [2.45, 2.75) is 58.3 Å². The summed E-state index contributed by atoms with van der Waals surface area (Å²) in [5, 5.41) is 15.9. The van der Waals surface area contributed by atoms with E-state index in [-0.39, 0.29) is 0 Å². The van der Waals surface area contributed by atoms with Gasteiger partial charge in [0.1, 0.15) is 0 Å². The van der Waals surface area contributed by atoms with Crippen molar-refractivity contribution in [1.82, 2.24) is 0 Å². The number of carbonyl (C=O) groups is 1. The predicted octanol–water partition coefficient (Wildman–Crippen LogP) is 3.43. The van der Waals surface area contributed by atoms with Gasteiger partial charge < -0.3 is 10.2 Å². The van der Waals surface area contributed by atoms with Crippen molar-refractivity contribution in [3.8, 4) is 0 Å². The minimum atomic E-state index is -0.833. The monoisotopic (exact) mass is 252 g/mol. The van der Waals surface area contributed by atoms with Crippen molar-refractivity contribution in [1.29, 1.82) is 0 Å². The van der Waals surface area contributed by atoms with E-state index in [0.29, 0.717) is 6.61 Å². The van der Waals surface area contributed by atoms with Crippen molar-refractivity contribution in [2.24, 2.45) is 0 Å². The summed E-state index contributed by atoms with van der Waals surface area (Å²) in [6.45, 7) is 1.44. The molecule has 98 valence electrons. The van der Waals surface area contributed by atoms with Crippen LogP contribution in [0.3, 0.4) is 0 Å². The number of hydrogen-bond donors (Lipinski definition) is 2. The van der Waals surface area contributed by atoms with Crippen molar-refractivity contribution >= 4 is 17.6 Å². The summed E-state index contributed by atoms with van der Waals surface area (Å²) in [7, 11) is 0. The fourth-order valence-corrected chi connectivity index (χ4v) is 1.46. The maximum absolute atomic E-state index is 9.00. The Bertz CT molecular complexity index is 126. The first-order valence-electron chi connectivity index (χ1n) is 6.01. The number of carboxylic acid groups (broad SMARTS) is 1. The van der Waals surface area contributed by atoms with Crippen LogP contribution in [0.4, 0.5) is 0 Å². The minimum Gasteiger partial charge on any atom is -0.481 e. The molecular formula is C12H25ClO3. The maximum Gasteiger partial charge on any atom is 0.300 e. The summed E-state index contributed by atoms with van der Waals surface area (Å²) in [4.78, 5) is 9.00. The first-order valence-corrected chi connectivity index (χ1v) is 6.55. The van der Waals surface area contributed by atoms with Crippen molar-refractivity contribution < 1.29 is 15.0 Å². The zero-order valence-electron chi connectivity index (χ0n) is 10.3. The molecule has 0 aromatic carbocycles. The number of unbranched alkanes of at least 4 members (excludes halogenated alkanes) is 7. The standard InChI is InChI=1S/C10H21ClO.C2H4O2/c11-9-7-5-3-1-2-4-6-8-10-12;1-2(3)4/h12H,1-10H2;1H3,(H,3,4). The van der Waals surface area contributed by atoms with Gasteiger partial charge in [0, 0.05) is 19.4 Å². The molecule has 0 bridgehead atoms. The van der Waals surface area contributed by atoms with E-state index in [9.17, 15) is 0 Å². The van der Waals surface area contributed by atoms with Crippen LogP contribution < -0.4 is 0 Å². The van der Waals surface area contributed by atoms with Crippen molar-refractivity contribution in [3.63, 3.8) is 0 Å². The van der Waals surface area contributed by atoms with Gasteiger partial charge in [0.15, 0.2) is 0 Å². The Labute approximate surface area is 104 Å². The fourth-order valence-electron chi connectivity index (χ4n) is 1.27. The molecule has 0 saturated heterocycles. The maximum atomic E-state index is 9.00. The SMILES string of the molecule is CC(=O)O.OCCCCCCCCCCCl. The third-order valence-corrected chi connectivity index (χ3v) is 2.31. The molecule has 0 saturated carbocycles. The summed E-state index contributed by atoms with van der Waals surface area (Å²) >= 11 is 5.56. The summed E-state index contributed by atoms with van der Waals surface area (Å²) in [6.07, 6.45) is 9.87. The van der Waals surface area contributed by atoms with Gasteiger partial charge in [0.2, 0.25) is 0 Å². The molecule has 0 amide bonds. The van der Waals surface area contributed by atoms with Gasteiger partial charge in [-0.1, -0.05) is 38.5 Å². The van der Waals surface area contributed by atoms with Crippen LogP contribution >= 0.6 is 11.6 Å². The third kappa shape index (κ3) is 29.2. The highest BCUT2D eigenvalue weighted by Gasteiger charge is 1.90. The smallest absolute Gasteiger partial charge is 0.300 e. The summed E-state index contributed by atoms with van der Waals surface area (Å²) < 4.78 is 0. The van der Waals surface area contributed by atoms with E-state index in [4.69, 9.17) is 26.6 Å². The average molecular weight is 253 g/mol. The van der Waals surface area contributed by atoms with Gasteiger partial charge >= 0.3 is 0 Å². The first kappa shape index (κ1) is 18.1.